The van der Waals surface area contributed by atoms with Gasteiger partial charge in [0.25, 0.3) is 5.91 Å². The van der Waals surface area contributed by atoms with Gasteiger partial charge in [-0.2, -0.15) is 0 Å². The van der Waals surface area contributed by atoms with E-state index in [0.717, 1.165) is 42.7 Å². The van der Waals surface area contributed by atoms with Crippen LogP contribution >= 0.6 is 23.2 Å². The van der Waals surface area contributed by atoms with Gasteiger partial charge in [0.05, 0.1) is 49.0 Å². The van der Waals surface area contributed by atoms with Crippen LogP contribution in [0.1, 0.15) is 63.2 Å². The molecule has 13 heteroatoms. The number of aromatic nitrogens is 2. The fourth-order valence-corrected chi connectivity index (χ4v) is 7.39. The number of likely N-dealkylation sites (tertiary alicyclic amines) is 1. The highest BCUT2D eigenvalue weighted by Gasteiger charge is 2.31. The molecule has 2 aromatic heterocycles. The fraction of sp³-hybridized carbons (Fsp3) is 0.375. The summed E-state index contributed by atoms with van der Waals surface area (Å²) in [6.45, 7) is 2.85. The number of fused-ring (bicyclic) bond motifs is 1. The van der Waals surface area contributed by atoms with E-state index in [0.29, 0.717) is 76.1 Å². The van der Waals surface area contributed by atoms with Crippen molar-refractivity contribution < 1.29 is 33.3 Å². The standard InChI is InChI=1S/C40H44Cl2N4O7/c1-44(40(49)28-20-35(50-2)38(52-4)36(21-28)51-3)22-27(26-9-12-31(41)32(42)19-26)15-18-45-16-13-25(14-17-45)37(48)39-43-33-7-5-6-8-34(33)46(39)23-29-10-11-30(24-47)53-29/h5-12,19-21,25,27,47H,13-18,22-24H2,1-4H3. The Morgan fingerprint density at radius 1 is 0.943 bits per heavy atom. The maximum Gasteiger partial charge on any atom is 0.253 e. The first-order chi connectivity index (χ1) is 25.6. The van der Waals surface area contributed by atoms with Gasteiger partial charge in [0, 0.05) is 31.0 Å². The molecule has 3 heterocycles. The molecular formula is C40H44Cl2N4O7. The Morgan fingerprint density at radius 3 is 2.28 bits per heavy atom. The number of aliphatic hydroxyl groups excluding tert-OH is 1. The number of piperidine rings is 1. The third kappa shape index (κ3) is 8.49. The van der Waals surface area contributed by atoms with Gasteiger partial charge in [0.1, 0.15) is 18.1 Å². The van der Waals surface area contributed by atoms with E-state index in [1.807, 2.05) is 47.0 Å². The fourth-order valence-electron chi connectivity index (χ4n) is 7.08. The first kappa shape index (κ1) is 38.2. The zero-order chi connectivity index (χ0) is 37.6. The van der Waals surface area contributed by atoms with Gasteiger partial charge >= 0.3 is 0 Å². The number of ether oxygens (including phenoxy) is 3. The van der Waals surface area contributed by atoms with Crippen LogP contribution in [-0.2, 0) is 13.2 Å². The number of carbonyl (C=O) groups is 2. The van der Waals surface area contributed by atoms with Crippen molar-refractivity contribution in [3.63, 3.8) is 0 Å². The molecule has 1 aliphatic heterocycles. The van der Waals surface area contributed by atoms with Crippen molar-refractivity contribution in [1.29, 1.82) is 0 Å². The zero-order valence-corrected chi connectivity index (χ0v) is 31.8. The number of carbonyl (C=O) groups excluding carboxylic acids is 2. The van der Waals surface area contributed by atoms with Gasteiger partial charge in [-0.1, -0.05) is 41.4 Å². The molecule has 0 bridgehead atoms. The summed E-state index contributed by atoms with van der Waals surface area (Å²) in [7, 11) is 6.33. The molecule has 11 nitrogen and oxygen atoms in total. The molecule has 3 aromatic carbocycles. The number of imidazole rings is 1. The van der Waals surface area contributed by atoms with Gasteiger partial charge in [0.2, 0.25) is 11.5 Å². The second kappa shape index (κ2) is 17.1. The molecule has 1 N–H and O–H groups in total. The van der Waals surface area contributed by atoms with Crippen molar-refractivity contribution in [1.82, 2.24) is 19.4 Å². The largest absolute Gasteiger partial charge is 0.493 e. The normalized spacial score (nSPS) is 14.3. The maximum absolute atomic E-state index is 14.0. The highest BCUT2D eigenvalue weighted by Crippen LogP contribution is 2.39. The summed E-state index contributed by atoms with van der Waals surface area (Å²) in [6.07, 6.45) is 2.15. The number of para-hydroxylation sites is 2. The Balaban J connectivity index is 1.13. The lowest BCUT2D eigenvalue weighted by atomic mass is 9.90. The molecule has 1 amide bonds. The van der Waals surface area contributed by atoms with Crippen molar-refractivity contribution in [2.24, 2.45) is 5.92 Å². The molecule has 5 aromatic rings. The van der Waals surface area contributed by atoms with E-state index in [1.165, 1.54) is 21.3 Å². The summed E-state index contributed by atoms with van der Waals surface area (Å²) >= 11 is 12.7. The smallest absolute Gasteiger partial charge is 0.253 e. The minimum Gasteiger partial charge on any atom is -0.493 e. The van der Waals surface area contributed by atoms with E-state index in [2.05, 4.69) is 4.90 Å². The van der Waals surface area contributed by atoms with Crippen LogP contribution in [0.15, 0.2) is 71.1 Å². The van der Waals surface area contributed by atoms with Crippen LogP contribution < -0.4 is 14.2 Å². The number of halogens is 2. The predicted octanol–water partition coefficient (Wildman–Crippen LogP) is 7.34. The summed E-state index contributed by atoms with van der Waals surface area (Å²) in [4.78, 5) is 36.6. The lowest BCUT2D eigenvalue weighted by molar-refractivity contribution is 0.0778. The number of furan rings is 1. The quantitative estimate of drug-likeness (QED) is 0.109. The number of aliphatic hydroxyl groups is 1. The molecule has 280 valence electrons. The third-order valence-corrected chi connectivity index (χ3v) is 10.7. The van der Waals surface area contributed by atoms with Crippen molar-refractivity contribution in [2.45, 2.75) is 38.3 Å². The average Bonchev–Trinajstić information content (AvgIpc) is 3.81. The number of likely N-dealkylation sites (N-methyl/N-ethyl adjacent to an activating group) is 1. The van der Waals surface area contributed by atoms with E-state index in [1.54, 1.807) is 36.2 Å². The van der Waals surface area contributed by atoms with Crippen LogP contribution in [0.3, 0.4) is 0 Å². The number of benzene rings is 3. The zero-order valence-electron chi connectivity index (χ0n) is 30.3. The van der Waals surface area contributed by atoms with Crippen LogP contribution in [-0.4, -0.2) is 90.7 Å². The van der Waals surface area contributed by atoms with Crippen LogP contribution in [0, 0.1) is 5.92 Å². The van der Waals surface area contributed by atoms with E-state index < -0.39 is 0 Å². The summed E-state index contributed by atoms with van der Waals surface area (Å²) in [5.41, 5.74) is 3.01. The monoisotopic (exact) mass is 762 g/mol. The third-order valence-electron chi connectivity index (χ3n) is 9.98. The molecule has 6 rings (SSSR count). The number of hydrogen-bond acceptors (Lipinski definition) is 9. The number of amides is 1. The van der Waals surface area contributed by atoms with E-state index in [4.69, 9.17) is 46.8 Å². The summed E-state index contributed by atoms with van der Waals surface area (Å²) in [5.74, 6) is 2.37. The molecule has 0 radical (unpaired) electrons. The van der Waals surface area contributed by atoms with Crippen molar-refractivity contribution >= 4 is 45.9 Å². The van der Waals surface area contributed by atoms with E-state index >= 15 is 0 Å². The first-order valence-electron chi connectivity index (χ1n) is 17.5. The molecule has 0 aliphatic carbocycles. The average molecular weight is 764 g/mol. The first-order valence-corrected chi connectivity index (χ1v) is 18.3. The van der Waals surface area contributed by atoms with Gasteiger partial charge in [-0.15, -0.1) is 0 Å². The van der Waals surface area contributed by atoms with Crippen molar-refractivity contribution in [3.05, 3.63) is 105 Å². The number of methoxy groups -OCH3 is 3. The summed E-state index contributed by atoms with van der Waals surface area (Å²) in [6, 6.07) is 20.2. The van der Waals surface area contributed by atoms with Crippen LogP contribution in [0.25, 0.3) is 11.0 Å². The molecule has 1 aliphatic rings. The number of hydrogen-bond donors (Lipinski definition) is 1. The summed E-state index contributed by atoms with van der Waals surface area (Å²) in [5, 5.41) is 10.4. The second-order valence-corrected chi connectivity index (χ2v) is 14.1. The van der Waals surface area contributed by atoms with E-state index in [9.17, 15) is 14.7 Å². The van der Waals surface area contributed by atoms with E-state index in [-0.39, 0.29) is 30.1 Å². The minimum absolute atomic E-state index is 0.0235. The highest BCUT2D eigenvalue weighted by atomic mass is 35.5. The molecule has 0 saturated carbocycles. The summed E-state index contributed by atoms with van der Waals surface area (Å²) < 4.78 is 24.1. The Labute approximate surface area is 318 Å². The Kier molecular flexibility index (Phi) is 12.3. The Morgan fingerprint density at radius 2 is 1.64 bits per heavy atom. The van der Waals surface area contributed by atoms with Crippen molar-refractivity contribution in [3.8, 4) is 17.2 Å². The maximum atomic E-state index is 14.0. The molecular weight excluding hydrogens is 719 g/mol. The number of Topliss-reactive ketones (excluding diaryl/α,β-unsaturated/α-hetero) is 1. The van der Waals surface area contributed by atoms with Gasteiger partial charge in [0.15, 0.2) is 17.3 Å². The molecule has 1 saturated heterocycles. The number of ketones is 1. The molecule has 1 atom stereocenters. The number of nitrogens with zero attached hydrogens (tertiary/aromatic N) is 4. The van der Waals surface area contributed by atoms with Crippen LogP contribution in [0.2, 0.25) is 10.0 Å². The predicted molar refractivity (Wildman–Crippen MR) is 204 cm³/mol. The van der Waals surface area contributed by atoms with Gasteiger partial charge in [-0.05, 0) is 93.0 Å². The van der Waals surface area contributed by atoms with Crippen LogP contribution in [0.4, 0.5) is 0 Å². The molecule has 53 heavy (non-hydrogen) atoms. The SMILES string of the molecule is COc1cc(C(=O)N(C)CC(CCN2CCC(C(=O)c3nc4ccccc4n3Cc3ccc(CO)o3)CC2)c2ccc(Cl)c(Cl)c2)cc(OC)c1OC. The Bertz CT molecular complexity index is 2050. The lowest BCUT2D eigenvalue weighted by Gasteiger charge is -2.33. The lowest BCUT2D eigenvalue weighted by Crippen LogP contribution is -2.38. The van der Waals surface area contributed by atoms with Gasteiger partial charge in [-0.3, -0.25) is 9.59 Å². The molecule has 1 unspecified atom stereocenters. The highest BCUT2D eigenvalue weighted by molar-refractivity contribution is 6.42. The number of rotatable bonds is 15. The van der Waals surface area contributed by atoms with Gasteiger partial charge < -0.3 is 38.1 Å². The second-order valence-electron chi connectivity index (χ2n) is 13.3. The van der Waals surface area contributed by atoms with Crippen LogP contribution in [0.5, 0.6) is 17.2 Å². The van der Waals surface area contributed by atoms with Crippen molar-refractivity contribution in [2.75, 3.05) is 54.6 Å². The Hall–Kier alpha value is -4.55. The molecule has 1 fully saturated rings. The topological polar surface area (TPSA) is 120 Å². The minimum atomic E-state index is -0.194. The molecule has 0 spiro atoms. The van der Waals surface area contributed by atoms with Gasteiger partial charge in [-0.25, -0.2) is 4.98 Å².